The number of hydrogen-bond acceptors (Lipinski definition) is 4. The van der Waals surface area contributed by atoms with Crippen molar-refractivity contribution in [1.82, 2.24) is 10.2 Å². The molecule has 0 spiro atoms. The Morgan fingerprint density at radius 3 is 2.56 bits per heavy atom. The van der Waals surface area contributed by atoms with Crippen LogP contribution < -0.4 is 5.32 Å². The quantitative estimate of drug-likeness (QED) is 0.662. The van der Waals surface area contributed by atoms with E-state index in [0.717, 1.165) is 39.0 Å². The first-order valence-electron chi connectivity index (χ1n) is 6.03. The first-order chi connectivity index (χ1) is 7.81. The number of carbonyl (C=O) groups is 1. The zero-order valence-corrected chi connectivity index (χ0v) is 9.52. The lowest BCUT2D eigenvalue weighted by molar-refractivity contribution is -0.139. The molecule has 0 bridgehead atoms. The molecule has 92 valence electrons. The highest BCUT2D eigenvalue weighted by Gasteiger charge is 2.31. The third-order valence-corrected chi connectivity index (χ3v) is 3.33. The molecule has 0 saturated carbocycles. The Morgan fingerprint density at radius 2 is 2.06 bits per heavy atom. The summed E-state index contributed by atoms with van der Waals surface area (Å²) in [6.45, 7) is 3.74. The average Bonchev–Trinajstić information content (AvgIpc) is 2.24. The second-order valence-electron chi connectivity index (χ2n) is 4.47. The standard InChI is InChI=1S/C11H20N2O3/c14-5-6-16-10-1-3-13(4-2-10)11(15)9-7-12-8-9/h9-10,12,14H,1-8H2. The van der Waals surface area contributed by atoms with Gasteiger partial charge in [0.15, 0.2) is 0 Å². The summed E-state index contributed by atoms with van der Waals surface area (Å²) in [5, 5.41) is 11.8. The van der Waals surface area contributed by atoms with Crippen LogP contribution in [0.4, 0.5) is 0 Å². The molecule has 16 heavy (non-hydrogen) atoms. The van der Waals surface area contributed by atoms with Gasteiger partial charge in [-0.15, -0.1) is 0 Å². The summed E-state index contributed by atoms with van der Waals surface area (Å²) in [7, 11) is 0. The van der Waals surface area contributed by atoms with Gasteiger partial charge in [-0.25, -0.2) is 0 Å². The van der Waals surface area contributed by atoms with Crippen LogP contribution in [-0.2, 0) is 9.53 Å². The molecule has 2 aliphatic rings. The molecule has 2 saturated heterocycles. The monoisotopic (exact) mass is 228 g/mol. The first-order valence-corrected chi connectivity index (χ1v) is 6.03. The van der Waals surface area contributed by atoms with E-state index in [-0.39, 0.29) is 18.6 Å². The molecular formula is C11H20N2O3. The van der Waals surface area contributed by atoms with E-state index < -0.39 is 0 Å². The Morgan fingerprint density at radius 1 is 1.38 bits per heavy atom. The molecule has 0 aromatic heterocycles. The first kappa shape index (κ1) is 11.8. The highest BCUT2D eigenvalue weighted by Crippen LogP contribution is 2.17. The van der Waals surface area contributed by atoms with E-state index in [2.05, 4.69) is 5.32 Å². The Bertz CT molecular complexity index is 235. The van der Waals surface area contributed by atoms with Crippen molar-refractivity contribution in [2.75, 3.05) is 39.4 Å². The highest BCUT2D eigenvalue weighted by atomic mass is 16.5. The molecule has 5 nitrogen and oxygen atoms in total. The zero-order valence-electron chi connectivity index (χ0n) is 9.52. The second kappa shape index (κ2) is 5.61. The lowest BCUT2D eigenvalue weighted by atomic mass is 9.99. The SMILES string of the molecule is O=C(C1CNC1)N1CCC(OCCO)CC1. The number of carbonyl (C=O) groups excluding carboxylic acids is 1. The third-order valence-electron chi connectivity index (χ3n) is 3.33. The van der Waals surface area contributed by atoms with Crippen molar-refractivity contribution in [2.45, 2.75) is 18.9 Å². The fourth-order valence-electron chi connectivity index (χ4n) is 2.18. The Kier molecular flexibility index (Phi) is 4.15. The molecular weight excluding hydrogens is 208 g/mol. The Balaban J connectivity index is 1.69. The topological polar surface area (TPSA) is 61.8 Å². The molecule has 2 fully saturated rings. The fourth-order valence-corrected chi connectivity index (χ4v) is 2.18. The number of amides is 1. The number of nitrogens with one attached hydrogen (secondary N) is 1. The van der Waals surface area contributed by atoms with Crippen molar-refractivity contribution >= 4 is 5.91 Å². The maximum Gasteiger partial charge on any atom is 0.228 e. The Hall–Kier alpha value is -0.650. The molecule has 0 unspecified atom stereocenters. The number of likely N-dealkylation sites (tertiary alicyclic amines) is 1. The largest absolute Gasteiger partial charge is 0.394 e. The van der Waals surface area contributed by atoms with Crippen LogP contribution in [0.25, 0.3) is 0 Å². The van der Waals surface area contributed by atoms with Crippen LogP contribution in [0.15, 0.2) is 0 Å². The van der Waals surface area contributed by atoms with Crippen molar-refractivity contribution in [2.24, 2.45) is 5.92 Å². The minimum Gasteiger partial charge on any atom is -0.394 e. The van der Waals surface area contributed by atoms with Gasteiger partial charge in [0, 0.05) is 26.2 Å². The van der Waals surface area contributed by atoms with Crippen molar-refractivity contribution < 1.29 is 14.6 Å². The average molecular weight is 228 g/mol. The summed E-state index contributed by atoms with van der Waals surface area (Å²) < 4.78 is 5.46. The van der Waals surface area contributed by atoms with Gasteiger partial charge in [0.05, 0.1) is 25.2 Å². The maximum absolute atomic E-state index is 11.9. The van der Waals surface area contributed by atoms with E-state index in [1.807, 2.05) is 4.90 Å². The normalized spacial score (nSPS) is 23.2. The van der Waals surface area contributed by atoms with Crippen LogP contribution in [0.1, 0.15) is 12.8 Å². The molecule has 0 atom stereocenters. The van der Waals surface area contributed by atoms with E-state index in [4.69, 9.17) is 9.84 Å². The van der Waals surface area contributed by atoms with Gasteiger partial charge in [0.2, 0.25) is 5.91 Å². The van der Waals surface area contributed by atoms with Crippen LogP contribution in [-0.4, -0.2) is 61.4 Å². The fraction of sp³-hybridized carbons (Fsp3) is 0.909. The Labute approximate surface area is 95.8 Å². The predicted molar refractivity (Wildman–Crippen MR) is 59.0 cm³/mol. The molecule has 0 aromatic carbocycles. The van der Waals surface area contributed by atoms with Gasteiger partial charge < -0.3 is 20.1 Å². The molecule has 1 amide bonds. The van der Waals surface area contributed by atoms with Gasteiger partial charge in [-0.1, -0.05) is 0 Å². The summed E-state index contributed by atoms with van der Waals surface area (Å²) in [5.74, 6) is 0.495. The minimum absolute atomic E-state index is 0.0763. The smallest absolute Gasteiger partial charge is 0.228 e. The van der Waals surface area contributed by atoms with E-state index >= 15 is 0 Å². The molecule has 2 rings (SSSR count). The van der Waals surface area contributed by atoms with Gasteiger partial charge in [-0.2, -0.15) is 0 Å². The molecule has 5 heteroatoms. The number of aliphatic hydroxyl groups is 1. The molecule has 2 heterocycles. The van der Waals surface area contributed by atoms with Crippen molar-refractivity contribution in [3.63, 3.8) is 0 Å². The number of nitrogens with zero attached hydrogens (tertiary/aromatic N) is 1. The third kappa shape index (κ3) is 2.72. The summed E-state index contributed by atoms with van der Waals surface area (Å²) in [4.78, 5) is 13.9. The van der Waals surface area contributed by atoms with Crippen LogP contribution in [0.3, 0.4) is 0 Å². The lowest BCUT2D eigenvalue weighted by Crippen LogP contribution is -2.53. The maximum atomic E-state index is 11.9. The molecule has 2 N–H and O–H groups in total. The van der Waals surface area contributed by atoms with Gasteiger partial charge in [0.25, 0.3) is 0 Å². The van der Waals surface area contributed by atoms with Crippen molar-refractivity contribution in [3.8, 4) is 0 Å². The minimum atomic E-state index is 0.0763. The second-order valence-corrected chi connectivity index (χ2v) is 4.47. The number of aliphatic hydroxyl groups excluding tert-OH is 1. The number of ether oxygens (including phenoxy) is 1. The van der Waals surface area contributed by atoms with E-state index in [9.17, 15) is 4.79 Å². The predicted octanol–water partition coefficient (Wildman–Crippen LogP) is -0.794. The van der Waals surface area contributed by atoms with Gasteiger partial charge >= 0.3 is 0 Å². The van der Waals surface area contributed by atoms with Gasteiger partial charge in [-0.3, -0.25) is 4.79 Å². The number of piperidine rings is 1. The van der Waals surface area contributed by atoms with Gasteiger partial charge in [-0.05, 0) is 12.8 Å². The lowest BCUT2D eigenvalue weighted by Gasteiger charge is -2.36. The summed E-state index contributed by atoms with van der Waals surface area (Å²) in [6.07, 6.45) is 2.01. The number of hydrogen-bond donors (Lipinski definition) is 2. The molecule has 0 radical (unpaired) electrons. The molecule has 0 aromatic rings. The molecule has 2 aliphatic heterocycles. The van der Waals surface area contributed by atoms with Crippen LogP contribution in [0.5, 0.6) is 0 Å². The van der Waals surface area contributed by atoms with E-state index in [1.54, 1.807) is 0 Å². The van der Waals surface area contributed by atoms with Crippen molar-refractivity contribution in [3.05, 3.63) is 0 Å². The van der Waals surface area contributed by atoms with E-state index in [1.165, 1.54) is 0 Å². The van der Waals surface area contributed by atoms with E-state index in [0.29, 0.717) is 12.5 Å². The summed E-state index contributed by atoms with van der Waals surface area (Å²) >= 11 is 0. The van der Waals surface area contributed by atoms with Crippen LogP contribution in [0.2, 0.25) is 0 Å². The number of rotatable bonds is 4. The summed E-state index contributed by atoms with van der Waals surface area (Å²) in [6, 6.07) is 0. The molecule has 0 aliphatic carbocycles. The van der Waals surface area contributed by atoms with Crippen LogP contribution >= 0.6 is 0 Å². The van der Waals surface area contributed by atoms with Gasteiger partial charge in [0.1, 0.15) is 0 Å². The van der Waals surface area contributed by atoms with Crippen molar-refractivity contribution in [1.29, 1.82) is 0 Å². The highest BCUT2D eigenvalue weighted by molar-refractivity contribution is 5.80. The zero-order chi connectivity index (χ0) is 11.4. The summed E-state index contributed by atoms with van der Waals surface area (Å²) in [5.41, 5.74) is 0. The van der Waals surface area contributed by atoms with Crippen LogP contribution in [0, 0.1) is 5.92 Å².